The lowest BCUT2D eigenvalue weighted by Gasteiger charge is -2.15. The number of hydrogen-bond acceptors (Lipinski definition) is 3. The van der Waals surface area contributed by atoms with Gasteiger partial charge in [-0.2, -0.15) is 18.4 Å². The van der Waals surface area contributed by atoms with Crippen LogP contribution in [0.3, 0.4) is 0 Å². The molecule has 0 unspecified atom stereocenters. The van der Waals surface area contributed by atoms with Crippen LogP contribution in [-0.4, -0.2) is 21.3 Å². The Labute approximate surface area is 146 Å². The third-order valence-electron chi connectivity index (χ3n) is 4.21. The van der Waals surface area contributed by atoms with Crippen molar-refractivity contribution in [1.82, 2.24) is 14.6 Å². The minimum Gasteiger partial charge on any atom is -0.340 e. The number of anilines is 2. The molecule has 3 aromatic rings. The molecular formula is C17H14ClF3N4. The first-order valence-corrected chi connectivity index (χ1v) is 8.21. The van der Waals surface area contributed by atoms with Crippen molar-refractivity contribution in [2.45, 2.75) is 24.7 Å². The Kier molecular flexibility index (Phi) is 3.83. The lowest BCUT2D eigenvalue weighted by Crippen LogP contribution is -2.15. The number of alkyl halides is 3. The van der Waals surface area contributed by atoms with Crippen molar-refractivity contribution in [3.8, 4) is 0 Å². The average Bonchev–Trinajstić information content (AvgIpc) is 3.35. The van der Waals surface area contributed by atoms with Gasteiger partial charge in [0, 0.05) is 22.9 Å². The van der Waals surface area contributed by atoms with E-state index in [1.165, 1.54) is 18.2 Å². The first kappa shape index (κ1) is 16.2. The Balaban J connectivity index is 1.73. The largest absolute Gasteiger partial charge is 0.340 e. The first-order valence-electron chi connectivity index (χ1n) is 7.83. The number of aromatic nitrogens is 3. The summed E-state index contributed by atoms with van der Waals surface area (Å²) < 4.78 is 41.3. The molecule has 0 saturated heterocycles. The second-order valence-electron chi connectivity index (χ2n) is 6.12. The van der Waals surface area contributed by atoms with E-state index < -0.39 is 18.2 Å². The molecule has 1 aromatic carbocycles. The fourth-order valence-corrected chi connectivity index (χ4v) is 2.95. The highest BCUT2D eigenvalue weighted by Gasteiger charge is 2.32. The molecule has 1 aliphatic carbocycles. The van der Waals surface area contributed by atoms with Gasteiger partial charge in [0.15, 0.2) is 12.3 Å². The van der Waals surface area contributed by atoms with Gasteiger partial charge in [-0.25, -0.2) is 9.37 Å². The minimum atomic E-state index is -3.52. The normalized spacial score (nSPS) is 14.9. The summed E-state index contributed by atoms with van der Waals surface area (Å²) in [4.78, 5) is 4.33. The minimum absolute atomic E-state index is 0.280. The Morgan fingerprint density at radius 2 is 2.08 bits per heavy atom. The molecule has 0 bridgehead atoms. The molecule has 130 valence electrons. The molecule has 8 heteroatoms. The third-order valence-corrected chi connectivity index (χ3v) is 4.40. The average molecular weight is 367 g/mol. The third kappa shape index (κ3) is 3.04. The van der Waals surface area contributed by atoms with Crippen LogP contribution in [-0.2, 0) is 5.92 Å². The summed E-state index contributed by atoms with van der Waals surface area (Å²) in [6.45, 7) is -1.74. The molecule has 1 fully saturated rings. The fraction of sp³-hybridized carbons (Fsp3) is 0.294. The molecule has 0 amide bonds. The summed E-state index contributed by atoms with van der Waals surface area (Å²) in [6.07, 6.45) is 3.95. The van der Waals surface area contributed by atoms with E-state index in [2.05, 4.69) is 15.4 Å². The van der Waals surface area contributed by atoms with Gasteiger partial charge in [-0.3, -0.25) is 0 Å². The number of fused-ring (bicyclic) bond motifs is 1. The predicted octanol–water partition coefficient (Wildman–Crippen LogP) is 5.07. The standard InChI is InChI=1S/C17H14ClF3N4/c18-14-7-15(25-16(24-14)13(8-22-25)10-4-5-10)23-12-3-1-2-11(6-12)17(20,21)9-19/h1-3,6-8,10,23H,4-5,9H2. The number of halogens is 4. The highest BCUT2D eigenvalue weighted by molar-refractivity contribution is 6.29. The van der Waals surface area contributed by atoms with Crippen LogP contribution in [0.4, 0.5) is 24.7 Å². The van der Waals surface area contributed by atoms with Gasteiger partial charge in [-0.1, -0.05) is 23.7 Å². The molecule has 4 rings (SSSR count). The van der Waals surface area contributed by atoms with Crippen LogP contribution in [0.25, 0.3) is 5.65 Å². The molecular weight excluding hydrogens is 353 g/mol. The van der Waals surface area contributed by atoms with Crippen molar-refractivity contribution in [2.75, 3.05) is 12.0 Å². The molecule has 4 nitrogen and oxygen atoms in total. The second-order valence-corrected chi connectivity index (χ2v) is 6.50. The van der Waals surface area contributed by atoms with Gasteiger partial charge in [0.05, 0.1) is 6.20 Å². The maximum absolute atomic E-state index is 13.6. The molecule has 1 N–H and O–H groups in total. The van der Waals surface area contributed by atoms with E-state index in [0.29, 0.717) is 23.1 Å². The summed E-state index contributed by atoms with van der Waals surface area (Å²) in [5.74, 6) is -2.57. The van der Waals surface area contributed by atoms with E-state index in [1.807, 2.05) is 0 Å². The molecule has 0 radical (unpaired) electrons. The van der Waals surface area contributed by atoms with E-state index in [4.69, 9.17) is 11.6 Å². The molecule has 0 spiro atoms. The van der Waals surface area contributed by atoms with Crippen LogP contribution < -0.4 is 5.32 Å². The van der Waals surface area contributed by atoms with Crippen molar-refractivity contribution >= 4 is 28.8 Å². The van der Waals surface area contributed by atoms with Gasteiger partial charge in [0.1, 0.15) is 11.0 Å². The van der Waals surface area contributed by atoms with Crippen molar-refractivity contribution in [1.29, 1.82) is 0 Å². The van der Waals surface area contributed by atoms with E-state index >= 15 is 0 Å². The number of nitrogens with one attached hydrogen (secondary N) is 1. The Morgan fingerprint density at radius 1 is 1.28 bits per heavy atom. The van der Waals surface area contributed by atoms with Gasteiger partial charge >= 0.3 is 5.92 Å². The number of nitrogens with zero attached hydrogens (tertiary/aromatic N) is 3. The summed E-state index contributed by atoms with van der Waals surface area (Å²) >= 11 is 6.11. The molecule has 2 heterocycles. The SMILES string of the molecule is FCC(F)(F)c1cccc(Nc2cc(Cl)nc3c(C4CC4)cnn23)c1. The van der Waals surface area contributed by atoms with Crippen LogP contribution in [0.1, 0.15) is 29.9 Å². The van der Waals surface area contributed by atoms with E-state index in [1.54, 1.807) is 22.8 Å². The van der Waals surface area contributed by atoms with Gasteiger partial charge in [-0.05, 0) is 30.9 Å². The van der Waals surface area contributed by atoms with E-state index in [0.717, 1.165) is 18.4 Å². The Morgan fingerprint density at radius 3 is 2.80 bits per heavy atom. The quantitative estimate of drug-likeness (QED) is 0.641. The lowest BCUT2D eigenvalue weighted by atomic mass is 10.1. The molecule has 0 aliphatic heterocycles. The van der Waals surface area contributed by atoms with Crippen molar-refractivity contribution in [2.24, 2.45) is 0 Å². The molecule has 1 saturated carbocycles. The zero-order valence-electron chi connectivity index (χ0n) is 13.0. The smallest absolute Gasteiger partial charge is 0.301 e. The summed E-state index contributed by atoms with van der Waals surface area (Å²) in [5.41, 5.74) is 1.68. The monoisotopic (exact) mass is 366 g/mol. The van der Waals surface area contributed by atoms with E-state index in [9.17, 15) is 13.2 Å². The molecule has 1 aliphatic rings. The predicted molar refractivity (Wildman–Crippen MR) is 89.6 cm³/mol. The van der Waals surface area contributed by atoms with E-state index in [-0.39, 0.29) is 5.15 Å². The zero-order chi connectivity index (χ0) is 17.6. The zero-order valence-corrected chi connectivity index (χ0v) is 13.8. The van der Waals surface area contributed by atoms with Crippen LogP contribution in [0.15, 0.2) is 36.5 Å². The topological polar surface area (TPSA) is 42.2 Å². The van der Waals surface area contributed by atoms with Crippen molar-refractivity contribution in [3.05, 3.63) is 52.8 Å². The van der Waals surface area contributed by atoms with Gasteiger partial charge < -0.3 is 5.32 Å². The van der Waals surface area contributed by atoms with Crippen LogP contribution >= 0.6 is 11.6 Å². The van der Waals surface area contributed by atoms with Gasteiger partial charge in [-0.15, -0.1) is 0 Å². The van der Waals surface area contributed by atoms with Gasteiger partial charge in [0.2, 0.25) is 0 Å². The van der Waals surface area contributed by atoms with Gasteiger partial charge in [0.25, 0.3) is 0 Å². The highest BCUT2D eigenvalue weighted by Crippen LogP contribution is 2.42. The summed E-state index contributed by atoms with van der Waals surface area (Å²) in [6, 6.07) is 7.03. The van der Waals surface area contributed by atoms with Crippen molar-refractivity contribution in [3.63, 3.8) is 0 Å². The number of hydrogen-bond donors (Lipinski definition) is 1. The number of rotatable bonds is 5. The van der Waals surface area contributed by atoms with Crippen LogP contribution in [0.2, 0.25) is 5.15 Å². The van der Waals surface area contributed by atoms with Crippen LogP contribution in [0, 0.1) is 0 Å². The van der Waals surface area contributed by atoms with Crippen LogP contribution in [0.5, 0.6) is 0 Å². The molecule has 0 atom stereocenters. The summed E-state index contributed by atoms with van der Waals surface area (Å²) in [7, 11) is 0. The maximum atomic E-state index is 13.6. The Bertz CT molecular complexity index is 937. The van der Waals surface area contributed by atoms with Crippen molar-refractivity contribution < 1.29 is 13.2 Å². The molecule has 25 heavy (non-hydrogen) atoms. The fourth-order valence-electron chi connectivity index (χ4n) is 2.77. The maximum Gasteiger partial charge on any atom is 0.301 e. The lowest BCUT2D eigenvalue weighted by molar-refractivity contribution is -0.0280. The second kappa shape index (κ2) is 5.91. The number of benzene rings is 1. The summed E-state index contributed by atoms with van der Waals surface area (Å²) in [5, 5.41) is 7.63. The first-order chi connectivity index (χ1) is 12.0. The highest BCUT2D eigenvalue weighted by atomic mass is 35.5. The Hall–Kier alpha value is -2.28. The molecule has 2 aromatic heterocycles.